The zero-order valence-corrected chi connectivity index (χ0v) is 19.6. The molecule has 0 radical (unpaired) electrons. The first-order valence-electron chi connectivity index (χ1n) is 11.2. The Bertz CT molecular complexity index is 1510. The lowest BCUT2D eigenvalue weighted by atomic mass is 10.0. The van der Waals surface area contributed by atoms with Crippen LogP contribution in [0.4, 0.5) is 11.4 Å². The highest BCUT2D eigenvalue weighted by atomic mass is 16.5. The average Bonchev–Trinajstić information content (AvgIpc) is 3.21. The summed E-state index contributed by atoms with van der Waals surface area (Å²) < 4.78 is 10.9. The SMILES string of the molecule is COc1cc(NC(=O)c2ccc3c(c2)C(=O)c2ccccc2-3)c(OC)cc1NC(=O)c1ccccc1. The van der Waals surface area contributed by atoms with Gasteiger partial charge in [-0.3, -0.25) is 14.4 Å². The number of rotatable bonds is 6. The summed E-state index contributed by atoms with van der Waals surface area (Å²) in [6.45, 7) is 0. The van der Waals surface area contributed by atoms with Gasteiger partial charge in [0.2, 0.25) is 0 Å². The first-order valence-corrected chi connectivity index (χ1v) is 11.2. The number of nitrogens with one attached hydrogen (secondary N) is 2. The molecule has 4 aromatic carbocycles. The van der Waals surface area contributed by atoms with E-state index in [4.69, 9.17) is 9.47 Å². The van der Waals surface area contributed by atoms with Gasteiger partial charge >= 0.3 is 0 Å². The monoisotopic (exact) mass is 478 g/mol. The van der Waals surface area contributed by atoms with Crippen molar-refractivity contribution < 1.29 is 23.9 Å². The Kier molecular flexibility index (Phi) is 5.96. The van der Waals surface area contributed by atoms with Gasteiger partial charge < -0.3 is 20.1 Å². The molecule has 2 N–H and O–H groups in total. The number of anilines is 2. The van der Waals surface area contributed by atoms with E-state index >= 15 is 0 Å². The second kappa shape index (κ2) is 9.38. The summed E-state index contributed by atoms with van der Waals surface area (Å²) in [7, 11) is 2.93. The smallest absolute Gasteiger partial charge is 0.255 e. The lowest BCUT2D eigenvalue weighted by Gasteiger charge is -2.16. The second-order valence-corrected chi connectivity index (χ2v) is 8.16. The number of amides is 2. The maximum Gasteiger partial charge on any atom is 0.255 e. The molecule has 0 bridgehead atoms. The molecule has 4 aromatic rings. The van der Waals surface area contributed by atoms with Crippen LogP contribution in [0.15, 0.2) is 84.9 Å². The molecule has 0 saturated heterocycles. The van der Waals surface area contributed by atoms with Crippen molar-refractivity contribution in [1.82, 2.24) is 0 Å². The summed E-state index contributed by atoms with van der Waals surface area (Å²) in [6, 6.07) is 24.4. The number of benzene rings is 4. The van der Waals surface area contributed by atoms with Crippen LogP contribution in [0.1, 0.15) is 36.6 Å². The van der Waals surface area contributed by atoms with Gasteiger partial charge in [-0.05, 0) is 35.4 Å². The van der Waals surface area contributed by atoms with Crippen LogP contribution in [0.5, 0.6) is 11.5 Å². The maximum absolute atomic E-state index is 13.1. The van der Waals surface area contributed by atoms with Gasteiger partial charge in [0, 0.05) is 34.4 Å². The predicted molar refractivity (Wildman–Crippen MR) is 137 cm³/mol. The van der Waals surface area contributed by atoms with E-state index in [-0.39, 0.29) is 11.7 Å². The Morgan fingerprint density at radius 3 is 1.72 bits per heavy atom. The van der Waals surface area contributed by atoms with Crippen LogP contribution < -0.4 is 20.1 Å². The molecule has 0 saturated carbocycles. The largest absolute Gasteiger partial charge is 0.494 e. The molecule has 2 amide bonds. The topological polar surface area (TPSA) is 93.7 Å². The molecule has 178 valence electrons. The molecular formula is C29H22N2O5. The fraction of sp³-hybridized carbons (Fsp3) is 0.0690. The lowest BCUT2D eigenvalue weighted by molar-refractivity contribution is 0.101. The third kappa shape index (κ3) is 4.07. The average molecular weight is 479 g/mol. The van der Waals surface area contributed by atoms with E-state index in [0.29, 0.717) is 45.1 Å². The quantitative estimate of drug-likeness (QED) is 0.340. The first-order chi connectivity index (χ1) is 17.5. The Morgan fingerprint density at radius 1 is 0.583 bits per heavy atom. The van der Waals surface area contributed by atoms with Gasteiger partial charge in [-0.25, -0.2) is 0 Å². The van der Waals surface area contributed by atoms with E-state index in [1.807, 2.05) is 24.3 Å². The molecule has 1 aliphatic rings. The van der Waals surface area contributed by atoms with E-state index in [0.717, 1.165) is 11.1 Å². The minimum absolute atomic E-state index is 0.104. The number of fused-ring (bicyclic) bond motifs is 3. The molecule has 7 nitrogen and oxygen atoms in total. The molecule has 0 unspecified atom stereocenters. The normalized spacial score (nSPS) is 11.3. The molecule has 7 heteroatoms. The summed E-state index contributed by atoms with van der Waals surface area (Å²) in [5.74, 6) is -0.153. The van der Waals surface area contributed by atoms with E-state index < -0.39 is 5.91 Å². The Morgan fingerprint density at radius 2 is 1.11 bits per heavy atom. The fourth-order valence-corrected chi connectivity index (χ4v) is 4.24. The predicted octanol–water partition coefficient (Wildman–Crippen LogP) is 5.42. The Hall–Kier alpha value is -4.91. The molecule has 1 aliphatic carbocycles. The molecule has 5 rings (SSSR count). The fourth-order valence-electron chi connectivity index (χ4n) is 4.24. The number of methoxy groups -OCH3 is 2. The molecule has 36 heavy (non-hydrogen) atoms. The van der Waals surface area contributed by atoms with Gasteiger partial charge in [0.05, 0.1) is 25.6 Å². The van der Waals surface area contributed by atoms with Gasteiger partial charge in [-0.15, -0.1) is 0 Å². The number of carbonyl (C=O) groups is 3. The van der Waals surface area contributed by atoms with Crippen LogP contribution in [0.2, 0.25) is 0 Å². The minimum atomic E-state index is -0.414. The first kappa shape index (κ1) is 22.9. The van der Waals surface area contributed by atoms with Crippen molar-refractivity contribution in [3.8, 4) is 22.6 Å². The third-order valence-corrected chi connectivity index (χ3v) is 6.04. The van der Waals surface area contributed by atoms with Crippen molar-refractivity contribution in [1.29, 1.82) is 0 Å². The maximum atomic E-state index is 13.1. The van der Waals surface area contributed by atoms with Crippen LogP contribution in [-0.4, -0.2) is 31.8 Å². The van der Waals surface area contributed by atoms with Crippen LogP contribution in [-0.2, 0) is 0 Å². The van der Waals surface area contributed by atoms with Gasteiger partial charge in [0.15, 0.2) is 5.78 Å². The van der Waals surface area contributed by atoms with Gasteiger partial charge in [0.25, 0.3) is 11.8 Å². The summed E-state index contributed by atoms with van der Waals surface area (Å²) in [6.07, 6.45) is 0. The summed E-state index contributed by atoms with van der Waals surface area (Å²) >= 11 is 0. The third-order valence-electron chi connectivity index (χ3n) is 6.04. The molecule has 0 fully saturated rings. The van der Waals surface area contributed by atoms with Gasteiger partial charge in [-0.1, -0.05) is 48.5 Å². The lowest BCUT2D eigenvalue weighted by Crippen LogP contribution is -2.15. The second-order valence-electron chi connectivity index (χ2n) is 8.16. The molecule has 0 heterocycles. The standard InChI is InChI=1S/C29H22N2O5/c1-35-25-16-24(26(36-2)15-23(25)30-28(33)17-8-4-3-5-9-17)31-29(34)18-12-13-20-19-10-6-7-11-21(19)27(32)22(20)14-18/h3-16H,1-2H3,(H,30,33)(H,31,34). The zero-order chi connectivity index (χ0) is 25.2. The van der Waals surface area contributed by atoms with Crippen molar-refractivity contribution in [2.24, 2.45) is 0 Å². The molecule has 0 aromatic heterocycles. The van der Waals surface area contributed by atoms with Gasteiger partial charge in [0.1, 0.15) is 11.5 Å². The molecular weight excluding hydrogens is 456 g/mol. The van der Waals surface area contributed by atoms with Crippen molar-refractivity contribution in [3.63, 3.8) is 0 Å². The molecule has 0 atom stereocenters. The number of ether oxygens (including phenoxy) is 2. The zero-order valence-electron chi connectivity index (χ0n) is 19.6. The van der Waals surface area contributed by atoms with Crippen molar-refractivity contribution in [2.75, 3.05) is 24.9 Å². The minimum Gasteiger partial charge on any atom is -0.494 e. The van der Waals surface area contributed by atoms with E-state index in [2.05, 4.69) is 10.6 Å². The summed E-state index contributed by atoms with van der Waals surface area (Å²) in [5.41, 5.74) is 4.36. The number of hydrogen-bond acceptors (Lipinski definition) is 5. The van der Waals surface area contributed by atoms with Crippen LogP contribution in [0.25, 0.3) is 11.1 Å². The number of ketones is 1. The Labute approximate surface area is 207 Å². The highest BCUT2D eigenvalue weighted by Crippen LogP contribution is 2.38. The van der Waals surface area contributed by atoms with Crippen LogP contribution >= 0.6 is 0 Å². The van der Waals surface area contributed by atoms with Gasteiger partial charge in [-0.2, -0.15) is 0 Å². The highest BCUT2D eigenvalue weighted by molar-refractivity contribution is 6.22. The van der Waals surface area contributed by atoms with Crippen molar-refractivity contribution in [3.05, 3.63) is 107 Å². The van der Waals surface area contributed by atoms with E-state index in [1.165, 1.54) is 14.2 Å². The van der Waals surface area contributed by atoms with E-state index in [1.54, 1.807) is 60.7 Å². The van der Waals surface area contributed by atoms with Crippen LogP contribution in [0.3, 0.4) is 0 Å². The van der Waals surface area contributed by atoms with Crippen molar-refractivity contribution in [2.45, 2.75) is 0 Å². The van der Waals surface area contributed by atoms with Crippen molar-refractivity contribution >= 4 is 29.0 Å². The van der Waals surface area contributed by atoms with E-state index in [9.17, 15) is 14.4 Å². The van der Waals surface area contributed by atoms with Crippen LogP contribution in [0, 0.1) is 0 Å². The highest BCUT2D eigenvalue weighted by Gasteiger charge is 2.27. The summed E-state index contributed by atoms with van der Waals surface area (Å²) in [4.78, 5) is 38.6. The number of carbonyl (C=O) groups excluding carboxylic acids is 3. The molecule has 0 aliphatic heterocycles. The summed E-state index contributed by atoms with van der Waals surface area (Å²) in [5, 5.41) is 5.64. The molecule has 0 spiro atoms. The number of hydrogen-bond donors (Lipinski definition) is 2. The Balaban J connectivity index is 1.41.